The largest absolute Gasteiger partial charge is 0.456 e. The Kier molecular flexibility index (Phi) is 6.29. The van der Waals surface area contributed by atoms with Crippen molar-refractivity contribution in [2.75, 3.05) is 6.61 Å². The van der Waals surface area contributed by atoms with Crippen LogP contribution in [0.2, 0.25) is 0 Å². The molecule has 0 saturated carbocycles. The van der Waals surface area contributed by atoms with E-state index >= 15 is 0 Å². The van der Waals surface area contributed by atoms with E-state index in [0.29, 0.717) is 0 Å². The molecule has 1 rings (SSSR count). The molecule has 0 aromatic rings. The van der Waals surface area contributed by atoms with Gasteiger partial charge in [-0.15, -0.1) is 0 Å². The van der Waals surface area contributed by atoms with Crippen molar-refractivity contribution in [3.8, 4) is 0 Å². The molecule has 0 N–H and O–H groups in total. The Hall–Kier alpha value is -2.16. The normalized spacial score (nSPS) is 27.5. The molecule has 9 heteroatoms. The van der Waals surface area contributed by atoms with E-state index in [1.54, 1.807) is 0 Å². The van der Waals surface area contributed by atoms with Crippen LogP contribution in [-0.4, -0.2) is 55.1 Å². The van der Waals surface area contributed by atoms with Crippen molar-refractivity contribution in [1.29, 1.82) is 0 Å². The van der Waals surface area contributed by atoms with Crippen molar-refractivity contribution in [1.82, 2.24) is 0 Å². The average Bonchev–Trinajstić information content (AvgIpc) is 2.34. The molecule has 0 amide bonds. The second-order valence-corrected chi connectivity index (χ2v) is 4.61. The molecule has 4 atom stereocenters. The van der Waals surface area contributed by atoms with Crippen LogP contribution in [0, 0.1) is 0 Å². The van der Waals surface area contributed by atoms with E-state index in [2.05, 4.69) is 0 Å². The predicted molar refractivity (Wildman–Crippen MR) is 68.2 cm³/mol. The predicted octanol–water partition coefficient (Wildman–Crippen LogP) is -0.299. The summed E-state index contributed by atoms with van der Waals surface area (Å²) in [6.07, 6.45) is -4.65. The van der Waals surface area contributed by atoms with E-state index in [0.717, 1.165) is 20.8 Å². The second-order valence-electron chi connectivity index (χ2n) is 4.61. The monoisotopic (exact) mass is 318 g/mol. The van der Waals surface area contributed by atoms with Gasteiger partial charge in [-0.05, 0) is 0 Å². The van der Waals surface area contributed by atoms with Crippen LogP contribution in [0.3, 0.4) is 0 Å². The first-order valence-corrected chi connectivity index (χ1v) is 6.51. The molecule has 1 heterocycles. The minimum absolute atomic E-state index is 0.187. The van der Waals surface area contributed by atoms with E-state index < -0.39 is 48.5 Å². The molecule has 0 aromatic carbocycles. The molecule has 1 aliphatic rings. The fourth-order valence-corrected chi connectivity index (χ4v) is 1.97. The lowest BCUT2D eigenvalue weighted by molar-refractivity contribution is -0.273. The molecule has 0 radical (unpaired) electrons. The Balaban J connectivity index is 3.03. The number of carbonyl (C=O) groups excluding carboxylic acids is 4. The van der Waals surface area contributed by atoms with E-state index in [1.807, 2.05) is 0 Å². The van der Waals surface area contributed by atoms with Gasteiger partial charge in [-0.25, -0.2) is 0 Å². The highest BCUT2D eigenvalue weighted by atomic mass is 16.7. The Morgan fingerprint density at radius 2 is 1.18 bits per heavy atom. The zero-order valence-electron chi connectivity index (χ0n) is 12.7. The number of esters is 4. The van der Waals surface area contributed by atoms with Crippen LogP contribution in [-0.2, 0) is 42.9 Å². The summed E-state index contributed by atoms with van der Waals surface area (Å²) in [6.45, 7) is 4.40. The highest BCUT2D eigenvalue weighted by Gasteiger charge is 2.48. The van der Waals surface area contributed by atoms with Crippen molar-refractivity contribution < 1.29 is 42.9 Å². The van der Waals surface area contributed by atoms with Crippen LogP contribution in [0.15, 0.2) is 0 Å². The van der Waals surface area contributed by atoms with E-state index in [9.17, 15) is 19.2 Å². The minimum Gasteiger partial charge on any atom is -0.456 e. The van der Waals surface area contributed by atoms with Gasteiger partial charge in [-0.1, -0.05) is 0 Å². The lowest BCUT2D eigenvalue weighted by atomic mass is 10.0. The van der Waals surface area contributed by atoms with Gasteiger partial charge in [0.25, 0.3) is 0 Å². The standard InChI is InChI=1S/C13H18O9/c1-6(14)19-10-5-18-13(22-9(4)17)12(21-8(3)16)11(10)20-7(2)15/h10-13H,5H2,1-4H3/t10-,11+,12+,13?/m0/s1. The van der Waals surface area contributed by atoms with Crippen molar-refractivity contribution in [2.24, 2.45) is 0 Å². The molecule has 124 valence electrons. The fourth-order valence-electron chi connectivity index (χ4n) is 1.97. The maximum atomic E-state index is 11.3. The van der Waals surface area contributed by atoms with E-state index in [4.69, 9.17) is 23.7 Å². The maximum Gasteiger partial charge on any atom is 0.305 e. The molecule has 0 bridgehead atoms. The molecule has 9 nitrogen and oxygen atoms in total. The molecule has 0 aromatic heterocycles. The molecular weight excluding hydrogens is 300 g/mol. The quantitative estimate of drug-likeness (QED) is 0.509. The summed E-state index contributed by atoms with van der Waals surface area (Å²) in [5.74, 6) is -2.68. The van der Waals surface area contributed by atoms with Crippen LogP contribution in [0.1, 0.15) is 27.7 Å². The fraction of sp³-hybridized carbons (Fsp3) is 0.692. The van der Waals surface area contributed by atoms with Gasteiger partial charge in [0, 0.05) is 27.7 Å². The maximum absolute atomic E-state index is 11.3. The first kappa shape index (κ1) is 17.9. The number of ether oxygens (including phenoxy) is 5. The van der Waals surface area contributed by atoms with Gasteiger partial charge >= 0.3 is 23.9 Å². The lowest BCUT2D eigenvalue weighted by Crippen LogP contribution is -2.58. The van der Waals surface area contributed by atoms with Crippen LogP contribution in [0.4, 0.5) is 0 Å². The SMILES string of the molecule is CC(=O)OC1OC[C@H](OC(C)=O)[C@@H](OC(C)=O)[C@H]1OC(C)=O. The third-order valence-electron chi connectivity index (χ3n) is 2.59. The molecular formula is C13H18O9. The molecule has 0 spiro atoms. The van der Waals surface area contributed by atoms with Crippen LogP contribution in [0.5, 0.6) is 0 Å². The topological polar surface area (TPSA) is 114 Å². The number of rotatable bonds is 4. The zero-order valence-corrected chi connectivity index (χ0v) is 12.7. The summed E-state index contributed by atoms with van der Waals surface area (Å²) >= 11 is 0. The van der Waals surface area contributed by atoms with Gasteiger partial charge < -0.3 is 23.7 Å². The van der Waals surface area contributed by atoms with Crippen molar-refractivity contribution >= 4 is 23.9 Å². The Morgan fingerprint density at radius 3 is 1.64 bits per heavy atom. The highest BCUT2D eigenvalue weighted by Crippen LogP contribution is 2.25. The molecule has 1 unspecified atom stereocenters. The second kappa shape index (κ2) is 7.74. The van der Waals surface area contributed by atoms with Crippen LogP contribution in [0.25, 0.3) is 0 Å². The Labute approximate surface area is 126 Å². The molecule has 1 fully saturated rings. The first-order chi connectivity index (χ1) is 10.2. The highest BCUT2D eigenvalue weighted by molar-refractivity contribution is 5.69. The summed E-state index contributed by atoms with van der Waals surface area (Å²) < 4.78 is 25.2. The summed E-state index contributed by atoms with van der Waals surface area (Å²) in [5.41, 5.74) is 0. The molecule has 1 saturated heterocycles. The van der Waals surface area contributed by atoms with Crippen molar-refractivity contribution in [3.05, 3.63) is 0 Å². The molecule has 1 aliphatic heterocycles. The number of hydrogen-bond acceptors (Lipinski definition) is 9. The first-order valence-electron chi connectivity index (χ1n) is 6.51. The summed E-state index contributed by atoms with van der Waals surface area (Å²) in [4.78, 5) is 44.7. The molecule has 22 heavy (non-hydrogen) atoms. The summed E-state index contributed by atoms with van der Waals surface area (Å²) in [5, 5.41) is 0. The van der Waals surface area contributed by atoms with Gasteiger partial charge in [0.05, 0.1) is 6.61 Å². The number of hydrogen-bond donors (Lipinski definition) is 0. The zero-order chi connectivity index (χ0) is 16.9. The number of carbonyl (C=O) groups is 4. The smallest absolute Gasteiger partial charge is 0.305 e. The van der Waals surface area contributed by atoms with Crippen molar-refractivity contribution in [2.45, 2.75) is 52.3 Å². The summed E-state index contributed by atoms with van der Waals surface area (Å²) in [7, 11) is 0. The lowest BCUT2D eigenvalue weighted by Gasteiger charge is -2.39. The van der Waals surface area contributed by atoms with Gasteiger partial charge in [-0.2, -0.15) is 0 Å². The average molecular weight is 318 g/mol. The van der Waals surface area contributed by atoms with Gasteiger partial charge in [0.1, 0.15) is 0 Å². The van der Waals surface area contributed by atoms with Gasteiger partial charge in [0.15, 0.2) is 12.2 Å². The minimum atomic E-state index is -1.27. The third-order valence-corrected chi connectivity index (χ3v) is 2.59. The van der Waals surface area contributed by atoms with E-state index in [-0.39, 0.29) is 6.61 Å². The van der Waals surface area contributed by atoms with E-state index in [1.165, 1.54) is 6.92 Å². The van der Waals surface area contributed by atoms with Crippen LogP contribution >= 0.6 is 0 Å². The third kappa shape index (κ3) is 5.32. The summed E-state index contributed by atoms with van der Waals surface area (Å²) in [6, 6.07) is 0. The molecule has 0 aliphatic carbocycles. The van der Waals surface area contributed by atoms with Gasteiger partial charge in [0.2, 0.25) is 12.4 Å². The van der Waals surface area contributed by atoms with Crippen molar-refractivity contribution in [3.63, 3.8) is 0 Å². The Bertz CT molecular complexity index is 416. The van der Waals surface area contributed by atoms with Gasteiger partial charge in [-0.3, -0.25) is 19.2 Å². The van der Waals surface area contributed by atoms with Crippen LogP contribution < -0.4 is 0 Å². The Morgan fingerprint density at radius 1 is 0.727 bits per heavy atom.